The molecule has 5 rings (SSSR count). The van der Waals surface area contributed by atoms with Crippen molar-refractivity contribution in [1.82, 2.24) is 25.1 Å². The van der Waals surface area contributed by atoms with E-state index in [2.05, 4.69) is 25.7 Å². The highest BCUT2D eigenvalue weighted by atomic mass is 35.5. The normalized spacial score (nSPS) is 13.2. The predicted octanol–water partition coefficient (Wildman–Crippen LogP) is 5.02. The number of aromatic nitrogens is 4. The zero-order chi connectivity index (χ0) is 25.9. The number of halogens is 2. The van der Waals surface area contributed by atoms with Crippen molar-refractivity contribution in [3.63, 3.8) is 0 Å². The Morgan fingerprint density at radius 2 is 2.00 bits per heavy atom. The maximum Gasteiger partial charge on any atom is 0.274 e. The molecule has 0 spiro atoms. The van der Waals surface area contributed by atoms with Gasteiger partial charge in [-0.05, 0) is 36.8 Å². The molecule has 1 saturated heterocycles. The highest BCUT2D eigenvalue weighted by Crippen LogP contribution is 2.29. The van der Waals surface area contributed by atoms with Crippen LogP contribution in [0.25, 0.3) is 5.82 Å². The minimum absolute atomic E-state index is 0.0232. The topological polar surface area (TPSA) is 111 Å². The minimum atomic E-state index is -0.522. The molecule has 190 valence electrons. The largest absolute Gasteiger partial charge is 0.472 e. The minimum Gasteiger partial charge on any atom is -0.472 e. The molecule has 0 unspecified atom stereocenters. The summed E-state index contributed by atoms with van der Waals surface area (Å²) in [7, 11) is 0. The first-order chi connectivity index (χ1) is 17.9. The van der Waals surface area contributed by atoms with Gasteiger partial charge in [-0.2, -0.15) is 11.8 Å². The van der Waals surface area contributed by atoms with Crippen molar-refractivity contribution in [1.29, 1.82) is 0 Å². The van der Waals surface area contributed by atoms with Crippen LogP contribution in [0.15, 0.2) is 48.1 Å². The van der Waals surface area contributed by atoms with Crippen molar-refractivity contribution < 1.29 is 14.3 Å². The van der Waals surface area contributed by atoms with E-state index < -0.39 is 11.8 Å². The Hall–Kier alpha value is -3.12. The fourth-order valence-electron chi connectivity index (χ4n) is 3.58. The third-order valence-electron chi connectivity index (χ3n) is 5.42. The molecule has 13 heteroatoms. The monoisotopic (exact) mass is 574 g/mol. The van der Waals surface area contributed by atoms with Crippen LogP contribution >= 0.6 is 46.3 Å². The van der Waals surface area contributed by atoms with E-state index in [4.69, 9.17) is 27.9 Å². The number of rotatable bonds is 8. The molecule has 0 atom stereocenters. The van der Waals surface area contributed by atoms with Crippen LogP contribution in [0.5, 0.6) is 5.88 Å². The van der Waals surface area contributed by atoms with Crippen molar-refractivity contribution in [2.24, 2.45) is 0 Å². The molecule has 4 aromatic rings. The molecule has 0 saturated carbocycles. The van der Waals surface area contributed by atoms with E-state index in [1.54, 1.807) is 49.3 Å². The fraction of sp³-hybridized carbons (Fsp3) is 0.208. The maximum absolute atomic E-state index is 13.6. The molecule has 0 aliphatic carbocycles. The standard InChI is InChI=1S/C24H20Cl2N6O3S2/c1-13-7-14(25)8-16(23(33)29-10-20-27-5-6-37-20)21(13)30-24(34)18-9-19(35-15-11-36-12-15)31-32(18)22-17(26)3-2-4-28-22/h2-9,15H,10-12H2,1H3,(H,29,33)(H,30,34). The number of nitrogens with zero attached hydrogens (tertiary/aromatic N) is 4. The van der Waals surface area contributed by atoms with E-state index in [1.165, 1.54) is 28.2 Å². The average Bonchev–Trinajstić information content (AvgIpc) is 3.52. The highest BCUT2D eigenvalue weighted by Gasteiger charge is 2.26. The van der Waals surface area contributed by atoms with E-state index >= 15 is 0 Å². The molecule has 4 heterocycles. The Labute approximate surface area is 230 Å². The Morgan fingerprint density at radius 3 is 2.70 bits per heavy atom. The number of carbonyl (C=O) groups excluding carboxylic acids is 2. The number of aryl methyl sites for hydroxylation is 1. The summed E-state index contributed by atoms with van der Waals surface area (Å²) >= 11 is 15.8. The first-order valence-electron chi connectivity index (χ1n) is 11.1. The van der Waals surface area contributed by atoms with Gasteiger partial charge in [0.2, 0.25) is 5.88 Å². The third kappa shape index (κ3) is 5.74. The molecule has 0 radical (unpaired) electrons. The van der Waals surface area contributed by atoms with Crippen LogP contribution in [0, 0.1) is 6.92 Å². The van der Waals surface area contributed by atoms with Gasteiger partial charge in [0, 0.05) is 40.4 Å². The highest BCUT2D eigenvalue weighted by molar-refractivity contribution is 8.00. The molecule has 1 aliphatic heterocycles. The van der Waals surface area contributed by atoms with Crippen molar-refractivity contribution in [3.8, 4) is 11.7 Å². The number of benzene rings is 1. The summed E-state index contributed by atoms with van der Waals surface area (Å²) < 4.78 is 7.25. The fourth-order valence-corrected chi connectivity index (χ4v) is 5.18. The predicted molar refractivity (Wildman–Crippen MR) is 146 cm³/mol. The molecule has 1 aromatic carbocycles. The van der Waals surface area contributed by atoms with Gasteiger partial charge in [-0.15, -0.1) is 16.4 Å². The zero-order valence-electron chi connectivity index (χ0n) is 19.4. The average molecular weight is 576 g/mol. The van der Waals surface area contributed by atoms with Crippen LogP contribution in [-0.2, 0) is 6.54 Å². The van der Waals surface area contributed by atoms with Gasteiger partial charge in [-0.1, -0.05) is 23.2 Å². The summed E-state index contributed by atoms with van der Waals surface area (Å²) in [5.41, 5.74) is 1.31. The quantitative estimate of drug-likeness (QED) is 0.304. The summed E-state index contributed by atoms with van der Waals surface area (Å²) in [6, 6.07) is 8.06. The molecule has 3 aromatic heterocycles. The molecular formula is C24H20Cl2N6O3S2. The van der Waals surface area contributed by atoms with Crippen LogP contribution in [0.4, 0.5) is 5.69 Å². The SMILES string of the molecule is Cc1cc(Cl)cc(C(=O)NCc2nccs2)c1NC(=O)c1cc(OC2CSC2)nn1-c1ncccc1Cl. The number of thiazole rings is 1. The number of nitrogens with one attached hydrogen (secondary N) is 2. The van der Waals surface area contributed by atoms with E-state index in [0.29, 0.717) is 21.3 Å². The molecule has 0 bridgehead atoms. The summed E-state index contributed by atoms with van der Waals surface area (Å²) in [6.07, 6.45) is 3.25. The molecule has 2 N–H and O–H groups in total. The number of thioether (sulfide) groups is 1. The second kappa shape index (κ2) is 11.1. The van der Waals surface area contributed by atoms with Gasteiger partial charge in [-0.3, -0.25) is 9.59 Å². The van der Waals surface area contributed by atoms with Gasteiger partial charge < -0.3 is 15.4 Å². The first kappa shape index (κ1) is 25.5. The lowest BCUT2D eigenvalue weighted by Crippen LogP contribution is -2.31. The number of carbonyl (C=O) groups is 2. The van der Waals surface area contributed by atoms with Gasteiger partial charge in [-0.25, -0.2) is 14.6 Å². The van der Waals surface area contributed by atoms with Gasteiger partial charge in [0.15, 0.2) is 5.82 Å². The maximum atomic E-state index is 13.6. The van der Waals surface area contributed by atoms with Crippen molar-refractivity contribution in [3.05, 3.63) is 80.0 Å². The molecule has 1 aliphatic rings. The molecular weight excluding hydrogens is 555 g/mol. The Bertz CT molecular complexity index is 1460. The van der Waals surface area contributed by atoms with Crippen molar-refractivity contribution in [2.75, 3.05) is 16.8 Å². The summed E-state index contributed by atoms with van der Waals surface area (Å²) in [5, 5.41) is 13.4. The third-order valence-corrected chi connectivity index (χ3v) is 7.93. The van der Waals surface area contributed by atoms with Gasteiger partial charge >= 0.3 is 0 Å². The lowest BCUT2D eigenvalue weighted by molar-refractivity contribution is 0.0951. The molecule has 9 nitrogen and oxygen atoms in total. The second-order valence-electron chi connectivity index (χ2n) is 8.07. The van der Waals surface area contributed by atoms with Crippen LogP contribution in [0.2, 0.25) is 10.0 Å². The van der Waals surface area contributed by atoms with E-state index in [-0.39, 0.29) is 35.6 Å². The number of ether oxygens (including phenoxy) is 1. The molecule has 2 amide bonds. The second-order valence-corrected chi connectivity index (χ2v) is 11.0. The van der Waals surface area contributed by atoms with Gasteiger partial charge in [0.1, 0.15) is 16.8 Å². The van der Waals surface area contributed by atoms with E-state index in [1.807, 2.05) is 5.38 Å². The number of hydrogen-bond acceptors (Lipinski definition) is 8. The summed E-state index contributed by atoms with van der Waals surface area (Å²) in [5.74, 6) is 1.34. The van der Waals surface area contributed by atoms with Gasteiger partial charge in [0.05, 0.1) is 22.8 Å². The summed E-state index contributed by atoms with van der Waals surface area (Å²) in [6.45, 7) is 2.01. The smallest absolute Gasteiger partial charge is 0.274 e. The van der Waals surface area contributed by atoms with Crippen molar-refractivity contribution >= 4 is 63.8 Å². The Balaban J connectivity index is 1.46. The number of pyridine rings is 1. The van der Waals surface area contributed by atoms with Crippen LogP contribution in [0.1, 0.15) is 31.4 Å². The lowest BCUT2D eigenvalue weighted by atomic mass is 10.1. The first-order valence-corrected chi connectivity index (χ1v) is 13.9. The van der Waals surface area contributed by atoms with Gasteiger partial charge in [0.25, 0.3) is 11.8 Å². The van der Waals surface area contributed by atoms with Crippen molar-refractivity contribution in [2.45, 2.75) is 19.6 Å². The molecule has 37 heavy (non-hydrogen) atoms. The Morgan fingerprint density at radius 1 is 1.16 bits per heavy atom. The van der Waals surface area contributed by atoms with Crippen LogP contribution in [-0.4, -0.2) is 49.2 Å². The number of anilines is 1. The van der Waals surface area contributed by atoms with E-state index in [9.17, 15) is 9.59 Å². The van der Waals surface area contributed by atoms with Crippen LogP contribution in [0.3, 0.4) is 0 Å². The Kier molecular flexibility index (Phi) is 7.65. The zero-order valence-corrected chi connectivity index (χ0v) is 22.5. The summed E-state index contributed by atoms with van der Waals surface area (Å²) in [4.78, 5) is 35.1. The lowest BCUT2D eigenvalue weighted by Gasteiger charge is -2.24. The molecule has 1 fully saturated rings. The van der Waals surface area contributed by atoms with E-state index in [0.717, 1.165) is 16.5 Å². The van der Waals surface area contributed by atoms with Crippen LogP contribution < -0.4 is 15.4 Å². The number of amides is 2. The number of hydrogen-bond donors (Lipinski definition) is 2.